The van der Waals surface area contributed by atoms with Crippen molar-refractivity contribution in [3.63, 3.8) is 0 Å². The van der Waals surface area contributed by atoms with E-state index < -0.39 is 5.41 Å². The van der Waals surface area contributed by atoms with E-state index in [1.54, 1.807) is 4.90 Å². The van der Waals surface area contributed by atoms with E-state index in [-0.39, 0.29) is 24.3 Å². The Morgan fingerprint density at radius 1 is 0.800 bits per heavy atom. The molecular formula is C18H32N4O3. The molecular weight excluding hydrogens is 320 g/mol. The molecule has 1 N–H and O–H groups in total. The monoisotopic (exact) mass is 352 g/mol. The van der Waals surface area contributed by atoms with Gasteiger partial charge in [0.25, 0.3) is 0 Å². The minimum absolute atomic E-state index is 0.0445. The van der Waals surface area contributed by atoms with E-state index in [0.29, 0.717) is 32.7 Å². The first-order valence-electron chi connectivity index (χ1n) is 9.33. The standard InChI is InChI=1S/C18H32N4O3/c1-18(2,3)17(25)19-13-15(23)22-11-9-20(10-12-22)14-16(24)21-7-5-4-6-8-21/h4-14H2,1-3H3,(H,19,25). The van der Waals surface area contributed by atoms with E-state index in [9.17, 15) is 14.4 Å². The van der Waals surface area contributed by atoms with Crippen LogP contribution in [0.3, 0.4) is 0 Å². The van der Waals surface area contributed by atoms with Crippen LogP contribution in [0.5, 0.6) is 0 Å². The Balaban J connectivity index is 1.69. The summed E-state index contributed by atoms with van der Waals surface area (Å²) in [6.45, 7) is 10.4. The Labute approximate surface area is 150 Å². The SMILES string of the molecule is CC(C)(C)C(=O)NCC(=O)N1CCN(CC(=O)N2CCCCC2)CC1. The molecule has 7 nitrogen and oxygen atoms in total. The number of carbonyl (C=O) groups excluding carboxylic acids is 3. The van der Waals surface area contributed by atoms with Crippen LogP contribution in [-0.4, -0.2) is 84.8 Å². The minimum Gasteiger partial charge on any atom is -0.347 e. The second kappa shape index (κ2) is 8.65. The third-order valence-corrected chi connectivity index (χ3v) is 4.87. The second-order valence-electron chi connectivity index (χ2n) is 8.03. The number of nitrogens with zero attached hydrogens (tertiary/aromatic N) is 3. The van der Waals surface area contributed by atoms with Gasteiger partial charge in [0.1, 0.15) is 0 Å². The molecule has 0 saturated carbocycles. The number of piperidine rings is 1. The molecule has 0 aromatic rings. The summed E-state index contributed by atoms with van der Waals surface area (Å²) in [6, 6.07) is 0. The highest BCUT2D eigenvalue weighted by Gasteiger charge is 2.26. The number of nitrogens with one attached hydrogen (secondary N) is 1. The minimum atomic E-state index is -0.492. The fourth-order valence-corrected chi connectivity index (χ4v) is 3.12. The van der Waals surface area contributed by atoms with E-state index in [1.807, 2.05) is 25.7 Å². The maximum Gasteiger partial charge on any atom is 0.242 e. The quantitative estimate of drug-likeness (QED) is 0.790. The maximum atomic E-state index is 12.3. The van der Waals surface area contributed by atoms with Crippen LogP contribution in [0.15, 0.2) is 0 Å². The number of amides is 3. The van der Waals surface area contributed by atoms with Crippen molar-refractivity contribution < 1.29 is 14.4 Å². The molecule has 2 rings (SSSR count). The van der Waals surface area contributed by atoms with Crippen LogP contribution in [-0.2, 0) is 14.4 Å². The lowest BCUT2D eigenvalue weighted by atomic mass is 9.96. The molecule has 0 atom stereocenters. The molecule has 2 heterocycles. The highest BCUT2D eigenvalue weighted by molar-refractivity contribution is 5.87. The molecule has 2 fully saturated rings. The molecule has 0 spiro atoms. The van der Waals surface area contributed by atoms with Gasteiger partial charge in [-0.25, -0.2) is 0 Å². The van der Waals surface area contributed by atoms with Crippen LogP contribution in [0.4, 0.5) is 0 Å². The fraction of sp³-hybridized carbons (Fsp3) is 0.833. The van der Waals surface area contributed by atoms with E-state index >= 15 is 0 Å². The Morgan fingerprint density at radius 2 is 1.36 bits per heavy atom. The molecule has 25 heavy (non-hydrogen) atoms. The summed E-state index contributed by atoms with van der Waals surface area (Å²) in [6.07, 6.45) is 3.43. The molecule has 0 radical (unpaired) electrons. The van der Waals surface area contributed by atoms with Gasteiger partial charge in [-0.05, 0) is 19.3 Å². The van der Waals surface area contributed by atoms with Crippen molar-refractivity contribution in [3.8, 4) is 0 Å². The summed E-state index contributed by atoms with van der Waals surface area (Å²) < 4.78 is 0. The van der Waals surface area contributed by atoms with Gasteiger partial charge in [-0.15, -0.1) is 0 Å². The summed E-state index contributed by atoms with van der Waals surface area (Å²) in [4.78, 5) is 42.2. The number of rotatable bonds is 4. The molecule has 0 bridgehead atoms. The molecule has 0 aromatic carbocycles. The highest BCUT2D eigenvalue weighted by Crippen LogP contribution is 2.12. The lowest BCUT2D eigenvalue weighted by Crippen LogP contribution is -2.53. The third-order valence-electron chi connectivity index (χ3n) is 4.87. The van der Waals surface area contributed by atoms with Gasteiger partial charge in [-0.3, -0.25) is 19.3 Å². The first kappa shape index (κ1) is 19.7. The van der Waals surface area contributed by atoms with Crippen LogP contribution in [0, 0.1) is 5.41 Å². The molecule has 2 aliphatic heterocycles. The number of likely N-dealkylation sites (tertiary alicyclic amines) is 1. The van der Waals surface area contributed by atoms with Crippen molar-refractivity contribution in [1.29, 1.82) is 0 Å². The zero-order valence-electron chi connectivity index (χ0n) is 15.8. The van der Waals surface area contributed by atoms with Gasteiger partial charge in [0.2, 0.25) is 17.7 Å². The van der Waals surface area contributed by atoms with E-state index in [0.717, 1.165) is 25.9 Å². The third kappa shape index (κ3) is 5.99. The van der Waals surface area contributed by atoms with Crippen molar-refractivity contribution in [1.82, 2.24) is 20.0 Å². The lowest BCUT2D eigenvalue weighted by molar-refractivity contribution is -0.137. The van der Waals surface area contributed by atoms with Crippen molar-refractivity contribution in [2.75, 3.05) is 52.4 Å². The summed E-state index contributed by atoms with van der Waals surface area (Å²) in [7, 11) is 0. The van der Waals surface area contributed by atoms with Crippen molar-refractivity contribution in [2.24, 2.45) is 5.41 Å². The summed E-state index contributed by atoms with van der Waals surface area (Å²) in [5.41, 5.74) is -0.492. The zero-order chi connectivity index (χ0) is 18.4. The fourth-order valence-electron chi connectivity index (χ4n) is 3.12. The number of carbonyl (C=O) groups is 3. The van der Waals surface area contributed by atoms with Gasteiger partial charge in [0.15, 0.2) is 0 Å². The molecule has 3 amide bonds. The second-order valence-corrected chi connectivity index (χ2v) is 8.03. The van der Waals surface area contributed by atoms with Gasteiger partial charge in [-0.1, -0.05) is 20.8 Å². The van der Waals surface area contributed by atoms with Crippen molar-refractivity contribution in [3.05, 3.63) is 0 Å². The number of piperazine rings is 1. The number of hydrogen-bond donors (Lipinski definition) is 1. The normalized spacial score (nSPS) is 19.6. The van der Waals surface area contributed by atoms with Gasteiger partial charge in [0.05, 0.1) is 13.1 Å². The first-order chi connectivity index (χ1) is 11.8. The molecule has 7 heteroatoms. The Morgan fingerprint density at radius 3 is 1.92 bits per heavy atom. The summed E-state index contributed by atoms with van der Waals surface area (Å²) in [5, 5.41) is 2.70. The Bertz CT molecular complexity index is 487. The zero-order valence-corrected chi connectivity index (χ0v) is 15.8. The van der Waals surface area contributed by atoms with E-state index in [2.05, 4.69) is 10.2 Å². The molecule has 0 unspecified atom stereocenters. The van der Waals surface area contributed by atoms with E-state index in [1.165, 1.54) is 6.42 Å². The van der Waals surface area contributed by atoms with Crippen LogP contribution in [0.25, 0.3) is 0 Å². The van der Waals surface area contributed by atoms with Gasteiger partial charge in [-0.2, -0.15) is 0 Å². The molecule has 0 aromatic heterocycles. The van der Waals surface area contributed by atoms with Gasteiger partial charge < -0.3 is 15.1 Å². The average molecular weight is 352 g/mol. The smallest absolute Gasteiger partial charge is 0.242 e. The number of hydrogen-bond acceptors (Lipinski definition) is 4. The average Bonchev–Trinajstić information content (AvgIpc) is 2.60. The Hall–Kier alpha value is -1.63. The molecule has 2 saturated heterocycles. The van der Waals surface area contributed by atoms with Crippen LogP contribution in [0.1, 0.15) is 40.0 Å². The molecule has 2 aliphatic rings. The highest BCUT2D eigenvalue weighted by atomic mass is 16.2. The molecule has 142 valence electrons. The van der Waals surface area contributed by atoms with Gasteiger partial charge >= 0.3 is 0 Å². The van der Waals surface area contributed by atoms with E-state index in [4.69, 9.17) is 0 Å². The largest absolute Gasteiger partial charge is 0.347 e. The van der Waals surface area contributed by atoms with Crippen molar-refractivity contribution >= 4 is 17.7 Å². The van der Waals surface area contributed by atoms with Gasteiger partial charge in [0, 0.05) is 44.7 Å². The first-order valence-corrected chi connectivity index (χ1v) is 9.33. The van der Waals surface area contributed by atoms with Crippen molar-refractivity contribution in [2.45, 2.75) is 40.0 Å². The predicted molar refractivity (Wildman–Crippen MR) is 95.9 cm³/mol. The predicted octanol–water partition coefficient (Wildman–Crippen LogP) is 0.305. The van der Waals surface area contributed by atoms with Crippen LogP contribution < -0.4 is 5.32 Å². The summed E-state index contributed by atoms with van der Waals surface area (Å²) in [5.74, 6) is 0.0307. The summed E-state index contributed by atoms with van der Waals surface area (Å²) >= 11 is 0. The molecule has 0 aliphatic carbocycles. The van der Waals surface area contributed by atoms with Crippen LogP contribution >= 0.6 is 0 Å². The Kier molecular flexibility index (Phi) is 6.81. The topological polar surface area (TPSA) is 73.0 Å². The lowest BCUT2D eigenvalue weighted by Gasteiger charge is -2.36. The van der Waals surface area contributed by atoms with Crippen LogP contribution in [0.2, 0.25) is 0 Å². The maximum absolute atomic E-state index is 12.3.